The van der Waals surface area contributed by atoms with Crippen molar-refractivity contribution in [2.24, 2.45) is 0 Å². The lowest BCUT2D eigenvalue weighted by Gasteiger charge is -1.75. The highest BCUT2D eigenvalue weighted by Gasteiger charge is 1.51. The molecule has 0 aromatic heterocycles. The Kier molecular flexibility index (Phi) is 24.1. The van der Waals surface area contributed by atoms with Gasteiger partial charge in [-0.3, -0.25) is 0 Å². The minimum Gasteiger partial charge on any atom is -0.371 e. The molecule has 7 heavy (non-hydrogen) atoms. The highest BCUT2D eigenvalue weighted by Crippen LogP contribution is 1.34. The predicted octanol–water partition coefficient (Wildman–Crippen LogP) is -1.09. The van der Waals surface area contributed by atoms with Crippen LogP contribution in [0.2, 0.25) is 0 Å². The van der Waals surface area contributed by atoms with E-state index in [1.807, 2.05) is 12.4 Å². The van der Waals surface area contributed by atoms with Crippen molar-refractivity contribution in [2.45, 2.75) is 6.92 Å². The summed E-state index contributed by atoms with van der Waals surface area (Å²) in [5, 5.41) is 21.9. The van der Waals surface area contributed by atoms with Gasteiger partial charge in [0.15, 0.2) is 0 Å². The molecule has 0 aromatic carbocycles. The zero-order valence-electron chi connectivity index (χ0n) is 4.26. The number of aliphatic hydroxyl groups is 2. The average molecular weight is 109 g/mol. The van der Waals surface area contributed by atoms with Gasteiger partial charge in [0.1, 0.15) is 6.79 Å². The van der Waals surface area contributed by atoms with Crippen LogP contribution in [0, 0.1) is 0 Å². The highest BCUT2D eigenvalue weighted by atomic mass is 16.5. The van der Waals surface area contributed by atoms with Crippen LogP contribution in [-0.2, 0) is 0 Å². The fraction of sp³-hybridized carbons (Fsp3) is 1.00. The third kappa shape index (κ3) is 122. The van der Waals surface area contributed by atoms with Crippen molar-refractivity contribution in [1.82, 2.24) is 5.48 Å². The topological polar surface area (TPSA) is 72.7 Å². The van der Waals surface area contributed by atoms with Gasteiger partial charge in [0.2, 0.25) is 0 Å². The Morgan fingerprint density at radius 1 is 1.43 bits per heavy atom. The van der Waals surface area contributed by atoms with Crippen molar-refractivity contribution in [2.75, 3.05) is 13.3 Å². The van der Waals surface area contributed by atoms with E-state index in [9.17, 15) is 0 Å². The van der Waals surface area contributed by atoms with E-state index in [2.05, 4.69) is 0 Å². The van der Waals surface area contributed by atoms with E-state index in [1.165, 1.54) is 0 Å². The molecule has 0 bridgehead atoms. The molecule has 4 nitrogen and oxygen atoms in total. The SMILES string of the molecule is CCNO.OCO. The minimum atomic E-state index is -0.750. The first-order chi connectivity index (χ1) is 3.33. The molecule has 0 unspecified atom stereocenters. The third-order valence-corrected chi connectivity index (χ3v) is 0.158. The molecular formula is C3H11NO3. The maximum atomic E-state index is 7.62. The van der Waals surface area contributed by atoms with Gasteiger partial charge in [-0.05, 0) is 0 Å². The van der Waals surface area contributed by atoms with Gasteiger partial charge in [0.25, 0.3) is 0 Å². The van der Waals surface area contributed by atoms with Crippen molar-refractivity contribution >= 4 is 0 Å². The molecule has 0 radical (unpaired) electrons. The first kappa shape index (κ1) is 9.96. The zero-order chi connectivity index (χ0) is 6.12. The van der Waals surface area contributed by atoms with Crippen LogP contribution in [0.25, 0.3) is 0 Å². The van der Waals surface area contributed by atoms with Gasteiger partial charge in [-0.1, -0.05) is 6.92 Å². The highest BCUT2D eigenvalue weighted by molar-refractivity contribution is 4.04. The molecule has 0 atom stereocenters. The monoisotopic (exact) mass is 109 g/mol. The Morgan fingerprint density at radius 2 is 1.57 bits per heavy atom. The molecule has 0 aliphatic carbocycles. The summed E-state index contributed by atoms with van der Waals surface area (Å²) < 4.78 is 0. The van der Waals surface area contributed by atoms with E-state index < -0.39 is 6.79 Å². The summed E-state index contributed by atoms with van der Waals surface area (Å²) >= 11 is 0. The second-order valence-corrected chi connectivity index (χ2v) is 0.653. The van der Waals surface area contributed by atoms with Crippen LogP contribution < -0.4 is 5.48 Å². The van der Waals surface area contributed by atoms with Crippen molar-refractivity contribution in [3.8, 4) is 0 Å². The summed E-state index contributed by atoms with van der Waals surface area (Å²) in [6.45, 7) is 1.69. The van der Waals surface area contributed by atoms with E-state index in [0.29, 0.717) is 6.54 Å². The van der Waals surface area contributed by atoms with E-state index in [0.717, 1.165) is 0 Å². The molecule has 0 saturated heterocycles. The first-order valence-corrected chi connectivity index (χ1v) is 1.92. The second-order valence-electron chi connectivity index (χ2n) is 0.653. The Balaban J connectivity index is 0. The molecule has 0 saturated carbocycles. The lowest BCUT2D eigenvalue weighted by molar-refractivity contribution is 0.0773. The molecule has 0 rings (SSSR count). The second kappa shape index (κ2) is 17.0. The molecule has 0 spiro atoms. The zero-order valence-corrected chi connectivity index (χ0v) is 4.26. The molecule has 4 N–H and O–H groups in total. The van der Waals surface area contributed by atoms with Crippen LogP contribution >= 0.6 is 0 Å². The number of hydrogen-bond donors (Lipinski definition) is 4. The normalized spacial score (nSPS) is 6.86. The van der Waals surface area contributed by atoms with Crippen molar-refractivity contribution in [3.63, 3.8) is 0 Å². The summed E-state index contributed by atoms with van der Waals surface area (Å²) in [5.41, 5.74) is 1.93. The number of aliphatic hydroxyl groups excluding tert-OH is 1. The van der Waals surface area contributed by atoms with E-state index in [1.54, 1.807) is 0 Å². The van der Waals surface area contributed by atoms with Gasteiger partial charge < -0.3 is 15.4 Å². The van der Waals surface area contributed by atoms with Crippen molar-refractivity contribution in [3.05, 3.63) is 0 Å². The fourth-order valence-corrected chi connectivity index (χ4v) is 0. The van der Waals surface area contributed by atoms with E-state index >= 15 is 0 Å². The Hall–Kier alpha value is -0.160. The van der Waals surface area contributed by atoms with Gasteiger partial charge in [0, 0.05) is 6.54 Å². The average Bonchev–Trinajstić information content (AvgIpc) is 1.69. The molecule has 0 aromatic rings. The number of hydroxylamine groups is 1. The summed E-state index contributed by atoms with van der Waals surface area (Å²) in [4.78, 5) is 0. The molecular weight excluding hydrogens is 98.0 g/mol. The van der Waals surface area contributed by atoms with Gasteiger partial charge in [-0.15, -0.1) is 0 Å². The van der Waals surface area contributed by atoms with Crippen LogP contribution in [0.1, 0.15) is 6.92 Å². The van der Waals surface area contributed by atoms with Crippen molar-refractivity contribution < 1.29 is 15.4 Å². The number of rotatable bonds is 1. The fourth-order valence-electron chi connectivity index (χ4n) is 0. The van der Waals surface area contributed by atoms with Gasteiger partial charge in [-0.25, -0.2) is 5.48 Å². The summed E-state index contributed by atoms with van der Waals surface area (Å²) in [6, 6.07) is 0. The molecule has 0 heterocycles. The molecule has 4 heteroatoms. The maximum absolute atomic E-state index is 7.62. The molecule has 0 amide bonds. The summed E-state index contributed by atoms with van der Waals surface area (Å²) in [5.74, 6) is 0. The van der Waals surface area contributed by atoms with Crippen LogP contribution in [0.15, 0.2) is 0 Å². The molecule has 0 aliphatic rings. The van der Waals surface area contributed by atoms with Crippen LogP contribution in [0.4, 0.5) is 0 Å². The Bertz CT molecular complexity index is 17.7. The lowest BCUT2D eigenvalue weighted by Crippen LogP contribution is -2.02. The van der Waals surface area contributed by atoms with E-state index in [-0.39, 0.29) is 0 Å². The number of hydrogen-bond acceptors (Lipinski definition) is 4. The van der Waals surface area contributed by atoms with Crippen LogP contribution in [0.5, 0.6) is 0 Å². The van der Waals surface area contributed by atoms with Crippen LogP contribution in [-0.4, -0.2) is 28.8 Å². The standard InChI is InChI=1S/C2H7NO.CH4O2/c1-2-3-4;2-1-3/h3-4H,2H2,1H3;2-3H,1H2. The van der Waals surface area contributed by atoms with Gasteiger partial charge in [0.05, 0.1) is 0 Å². The quantitative estimate of drug-likeness (QED) is 0.255. The Labute approximate surface area is 42.4 Å². The molecule has 46 valence electrons. The lowest BCUT2D eigenvalue weighted by atomic mass is 10.8. The molecule has 0 fully saturated rings. The minimum absolute atomic E-state index is 0.625. The smallest absolute Gasteiger partial charge is 0.140 e. The summed E-state index contributed by atoms with van der Waals surface area (Å²) in [6.07, 6.45) is 0. The van der Waals surface area contributed by atoms with E-state index in [4.69, 9.17) is 15.4 Å². The van der Waals surface area contributed by atoms with Gasteiger partial charge >= 0.3 is 0 Å². The van der Waals surface area contributed by atoms with Gasteiger partial charge in [-0.2, -0.15) is 0 Å². The molecule has 0 aliphatic heterocycles. The third-order valence-electron chi connectivity index (χ3n) is 0.158. The van der Waals surface area contributed by atoms with Crippen LogP contribution in [0.3, 0.4) is 0 Å². The Morgan fingerprint density at radius 3 is 1.57 bits per heavy atom. The van der Waals surface area contributed by atoms with Crippen molar-refractivity contribution in [1.29, 1.82) is 0 Å². The first-order valence-electron chi connectivity index (χ1n) is 1.92. The predicted molar refractivity (Wildman–Crippen MR) is 24.8 cm³/mol. The maximum Gasteiger partial charge on any atom is 0.140 e. The largest absolute Gasteiger partial charge is 0.371 e. The number of nitrogens with one attached hydrogen (secondary N) is 1. The summed E-state index contributed by atoms with van der Waals surface area (Å²) in [7, 11) is 0.